The molecule has 0 spiro atoms. The summed E-state index contributed by atoms with van der Waals surface area (Å²) in [5.74, 6) is 0.742. The number of nitrogens with zero attached hydrogens (tertiary/aromatic N) is 2. The Bertz CT molecular complexity index is 1020. The second kappa shape index (κ2) is 9.47. The zero-order valence-electron chi connectivity index (χ0n) is 17.5. The smallest absolute Gasteiger partial charge is 0.203 e. The fourth-order valence-corrected chi connectivity index (χ4v) is 3.98. The van der Waals surface area contributed by atoms with Gasteiger partial charge < -0.3 is 28.6 Å². The second-order valence-electron chi connectivity index (χ2n) is 7.96. The van der Waals surface area contributed by atoms with E-state index < -0.39 is 6.10 Å². The summed E-state index contributed by atoms with van der Waals surface area (Å²) in [4.78, 5) is 1.51. The lowest BCUT2D eigenvalue weighted by atomic mass is 10.2. The normalized spacial score (nSPS) is 16.1. The molecule has 3 aromatic rings. The first kappa shape index (κ1) is 20.7. The monoisotopic (exact) mass is 411 g/mol. The lowest BCUT2D eigenvalue weighted by Gasteiger charge is -2.23. The molecule has 1 fully saturated rings. The molecule has 30 heavy (non-hydrogen) atoms. The molecule has 1 aliphatic heterocycles. The fraction of sp³-hybridized carbons (Fsp3) is 0.435. The van der Waals surface area contributed by atoms with Crippen molar-refractivity contribution in [1.29, 1.82) is 5.41 Å². The van der Waals surface area contributed by atoms with Crippen LogP contribution in [0.5, 0.6) is 5.75 Å². The third-order valence-electron chi connectivity index (χ3n) is 5.72. The highest BCUT2D eigenvalue weighted by atomic mass is 16.5. The van der Waals surface area contributed by atoms with Gasteiger partial charge in [0.05, 0.1) is 43.9 Å². The molecule has 0 bridgehead atoms. The highest BCUT2D eigenvalue weighted by Gasteiger charge is 2.17. The molecule has 1 unspecified atom stereocenters. The molecule has 0 saturated carbocycles. The molecule has 7 heteroatoms. The number of ether oxygens (including phenoxy) is 2. The van der Waals surface area contributed by atoms with Crippen molar-refractivity contribution < 1.29 is 19.5 Å². The molecule has 0 amide bonds. The molecule has 2 aromatic carbocycles. The van der Waals surface area contributed by atoms with Crippen molar-refractivity contribution in [2.75, 3.05) is 39.5 Å². The maximum Gasteiger partial charge on any atom is 0.203 e. The Kier molecular flexibility index (Phi) is 6.52. The van der Waals surface area contributed by atoms with Crippen LogP contribution in [0.25, 0.3) is 11.0 Å². The summed E-state index contributed by atoms with van der Waals surface area (Å²) in [5.41, 5.74) is 3.58. The lowest BCUT2D eigenvalue weighted by molar-refractivity contribution is -0.908. The number of nitrogens with one attached hydrogen (secondary N) is 2. The van der Waals surface area contributed by atoms with Crippen LogP contribution in [0.15, 0.2) is 48.5 Å². The number of hydrogen-bond acceptors (Lipinski definition) is 4. The largest absolute Gasteiger partial charge is 0.491 e. The van der Waals surface area contributed by atoms with Gasteiger partial charge >= 0.3 is 0 Å². The molecule has 7 nitrogen and oxygen atoms in total. The zero-order chi connectivity index (χ0) is 20.9. The van der Waals surface area contributed by atoms with Crippen LogP contribution >= 0.6 is 0 Å². The van der Waals surface area contributed by atoms with E-state index in [2.05, 4.69) is 0 Å². The van der Waals surface area contributed by atoms with E-state index in [9.17, 15) is 5.11 Å². The maximum absolute atomic E-state index is 10.6. The van der Waals surface area contributed by atoms with Gasteiger partial charge in [-0.15, -0.1) is 0 Å². The molecule has 3 N–H and O–H groups in total. The summed E-state index contributed by atoms with van der Waals surface area (Å²) in [6.45, 7) is 7.93. The van der Waals surface area contributed by atoms with Gasteiger partial charge in [-0.1, -0.05) is 29.8 Å². The van der Waals surface area contributed by atoms with Crippen LogP contribution in [0.2, 0.25) is 0 Å². The highest BCUT2D eigenvalue weighted by molar-refractivity contribution is 5.75. The number of imidazole rings is 1. The van der Waals surface area contributed by atoms with Gasteiger partial charge in [0.1, 0.15) is 31.5 Å². The van der Waals surface area contributed by atoms with Crippen molar-refractivity contribution in [3.05, 3.63) is 59.7 Å². The molecule has 1 aromatic heterocycles. The van der Waals surface area contributed by atoms with Crippen LogP contribution in [0, 0.1) is 12.3 Å². The third kappa shape index (κ3) is 4.75. The quantitative estimate of drug-likeness (QED) is 0.508. The number of morpholine rings is 1. The van der Waals surface area contributed by atoms with E-state index >= 15 is 0 Å². The van der Waals surface area contributed by atoms with E-state index in [1.54, 1.807) is 0 Å². The zero-order valence-corrected chi connectivity index (χ0v) is 17.5. The Labute approximate surface area is 176 Å². The average molecular weight is 412 g/mol. The van der Waals surface area contributed by atoms with Crippen LogP contribution in [-0.2, 0) is 17.8 Å². The van der Waals surface area contributed by atoms with Crippen molar-refractivity contribution in [3.63, 3.8) is 0 Å². The number of aryl methyl sites for hydroxylation is 1. The van der Waals surface area contributed by atoms with Crippen LogP contribution < -0.4 is 15.3 Å². The third-order valence-corrected chi connectivity index (χ3v) is 5.72. The first-order valence-corrected chi connectivity index (χ1v) is 10.6. The molecule has 4 rings (SSSR count). The average Bonchev–Trinajstić information content (AvgIpc) is 3.03. The van der Waals surface area contributed by atoms with Gasteiger partial charge in [0.25, 0.3) is 0 Å². The number of benzene rings is 2. The van der Waals surface area contributed by atoms with Crippen LogP contribution in [0.4, 0.5) is 0 Å². The molecular weight excluding hydrogens is 380 g/mol. The highest BCUT2D eigenvalue weighted by Crippen LogP contribution is 2.14. The minimum Gasteiger partial charge on any atom is -0.491 e. The van der Waals surface area contributed by atoms with Gasteiger partial charge in [-0.2, -0.15) is 0 Å². The summed E-state index contributed by atoms with van der Waals surface area (Å²) in [6.07, 6.45) is -0.704. The summed E-state index contributed by atoms with van der Waals surface area (Å²) < 4.78 is 15.1. The van der Waals surface area contributed by atoms with Gasteiger partial charge in [0, 0.05) is 0 Å². The van der Waals surface area contributed by atoms with Gasteiger partial charge in [-0.3, -0.25) is 5.41 Å². The minimum atomic E-state index is -0.704. The summed E-state index contributed by atoms with van der Waals surface area (Å²) >= 11 is 0. The Hall–Kier alpha value is -2.61. The Balaban J connectivity index is 1.47. The Morgan fingerprint density at radius 2 is 1.73 bits per heavy atom. The second-order valence-corrected chi connectivity index (χ2v) is 7.96. The molecule has 0 radical (unpaired) electrons. The number of aliphatic hydroxyl groups excluding tert-OH is 1. The number of aliphatic hydroxyl groups is 1. The topological polar surface area (TPSA) is 76.8 Å². The standard InChI is InChI=1S/C23H30N4O3/c1-18-6-8-20(9-7-18)30-17-19(28)16-27-22-5-3-2-4-21(22)26(23(27)24)11-10-25-12-14-29-15-13-25/h2-9,19,24,28H,10-17H2,1H3/p+1. The van der Waals surface area contributed by atoms with E-state index in [1.165, 1.54) is 10.5 Å². The maximum atomic E-state index is 10.6. The first-order chi connectivity index (χ1) is 14.6. The van der Waals surface area contributed by atoms with E-state index in [1.807, 2.05) is 64.6 Å². The minimum absolute atomic E-state index is 0.187. The van der Waals surface area contributed by atoms with Gasteiger partial charge in [0.15, 0.2) is 0 Å². The molecule has 0 aliphatic carbocycles. The predicted octanol–water partition coefficient (Wildman–Crippen LogP) is 0.586. The Morgan fingerprint density at radius 3 is 2.43 bits per heavy atom. The van der Waals surface area contributed by atoms with Gasteiger partial charge in [-0.05, 0) is 31.2 Å². The van der Waals surface area contributed by atoms with E-state index in [4.69, 9.17) is 14.9 Å². The number of fused-ring (bicyclic) bond motifs is 1. The van der Waals surface area contributed by atoms with Crippen LogP contribution in [0.1, 0.15) is 5.56 Å². The van der Waals surface area contributed by atoms with Gasteiger partial charge in [0.2, 0.25) is 5.62 Å². The number of quaternary nitrogens is 1. The van der Waals surface area contributed by atoms with Crippen LogP contribution in [0.3, 0.4) is 0 Å². The number of aromatic nitrogens is 2. The van der Waals surface area contributed by atoms with E-state index in [-0.39, 0.29) is 6.61 Å². The van der Waals surface area contributed by atoms with Crippen molar-refractivity contribution in [1.82, 2.24) is 9.13 Å². The van der Waals surface area contributed by atoms with Crippen molar-refractivity contribution >= 4 is 11.0 Å². The number of para-hydroxylation sites is 2. The molecule has 1 aliphatic rings. The first-order valence-electron chi connectivity index (χ1n) is 10.6. The van der Waals surface area contributed by atoms with Crippen molar-refractivity contribution in [2.45, 2.75) is 26.1 Å². The Morgan fingerprint density at radius 1 is 1.07 bits per heavy atom. The molecule has 160 valence electrons. The fourth-order valence-electron chi connectivity index (χ4n) is 3.98. The molecule has 2 heterocycles. The molecule has 1 atom stereocenters. The SMILES string of the molecule is Cc1ccc(OCC(O)Cn2c(=N)n(CC[NH+]3CCOCC3)c3ccccc32)cc1. The van der Waals surface area contributed by atoms with Crippen LogP contribution in [-0.4, -0.2) is 59.8 Å². The predicted molar refractivity (Wildman–Crippen MR) is 115 cm³/mol. The van der Waals surface area contributed by atoms with Crippen molar-refractivity contribution in [3.8, 4) is 5.75 Å². The van der Waals surface area contributed by atoms with Gasteiger partial charge in [-0.25, -0.2) is 0 Å². The lowest BCUT2D eigenvalue weighted by Crippen LogP contribution is -3.14. The summed E-state index contributed by atoms with van der Waals surface area (Å²) in [6, 6.07) is 15.8. The summed E-state index contributed by atoms with van der Waals surface area (Å²) in [7, 11) is 0. The van der Waals surface area contributed by atoms with E-state index in [0.717, 1.165) is 56.2 Å². The molecule has 1 saturated heterocycles. The summed E-state index contributed by atoms with van der Waals surface area (Å²) in [5, 5.41) is 19.3. The van der Waals surface area contributed by atoms with Crippen molar-refractivity contribution in [2.24, 2.45) is 0 Å². The van der Waals surface area contributed by atoms with E-state index in [0.29, 0.717) is 12.2 Å². The molecular formula is C23H31N4O3+. The number of hydrogen-bond donors (Lipinski definition) is 3. The number of rotatable bonds is 8.